The number of quaternary nitrogens is 1. The number of rotatable bonds is 4. The van der Waals surface area contributed by atoms with Crippen molar-refractivity contribution in [1.29, 1.82) is 0 Å². The molecule has 1 aliphatic rings. The van der Waals surface area contributed by atoms with Gasteiger partial charge in [0.1, 0.15) is 5.58 Å². The summed E-state index contributed by atoms with van der Waals surface area (Å²) in [6.07, 6.45) is 1.50. The lowest BCUT2D eigenvalue weighted by Gasteiger charge is -2.29. The lowest BCUT2D eigenvalue weighted by molar-refractivity contribution is -0.883. The molecule has 1 amide bonds. The molecule has 0 aliphatic carbocycles. The van der Waals surface area contributed by atoms with Gasteiger partial charge in [-0.15, -0.1) is 0 Å². The Hall–Kier alpha value is -3.06. The normalized spacial score (nSPS) is 15.1. The number of amides is 1. The van der Waals surface area contributed by atoms with Crippen molar-refractivity contribution in [2.24, 2.45) is 0 Å². The van der Waals surface area contributed by atoms with Crippen LogP contribution in [0.1, 0.15) is 11.1 Å². The monoisotopic (exact) mass is 397 g/mol. The summed E-state index contributed by atoms with van der Waals surface area (Å²) in [5, 5.41) is 0.425. The molecule has 3 aromatic rings. The second-order valence-electron chi connectivity index (χ2n) is 7.63. The predicted molar refractivity (Wildman–Crippen MR) is 108 cm³/mol. The van der Waals surface area contributed by atoms with Gasteiger partial charge in [0.25, 0.3) is 5.91 Å². The van der Waals surface area contributed by atoms with Gasteiger partial charge in [0.2, 0.25) is 16.9 Å². The van der Waals surface area contributed by atoms with E-state index < -0.39 is 0 Å². The third-order valence-corrected chi connectivity index (χ3v) is 5.52. The first-order valence-electron chi connectivity index (χ1n) is 9.78. The SMILES string of the molecule is Cc1cc2oc(-c3ccco3)c(OCC(=O)N3CC[NH+](C)CC3)c(=O)c2cc1C. The molecule has 1 fully saturated rings. The topological polar surface area (TPSA) is 77.3 Å². The Morgan fingerprint density at radius 1 is 1.21 bits per heavy atom. The molecule has 3 heterocycles. The van der Waals surface area contributed by atoms with Gasteiger partial charge in [0, 0.05) is 0 Å². The zero-order valence-corrected chi connectivity index (χ0v) is 16.9. The number of nitrogens with zero attached hydrogens (tertiary/aromatic N) is 1. The number of aryl methyl sites for hydroxylation is 2. The minimum absolute atomic E-state index is 0.00352. The summed E-state index contributed by atoms with van der Waals surface area (Å²) in [7, 11) is 2.11. The van der Waals surface area contributed by atoms with Gasteiger partial charge in [-0.1, -0.05) is 0 Å². The van der Waals surface area contributed by atoms with Gasteiger partial charge in [-0.25, -0.2) is 0 Å². The molecule has 4 rings (SSSR count). The van der Waals surface area contributed by atoms with Crippen molar-refractivity contribution < 1.29 is 23.3 Å². The molecule has 0 radical (unpaired) electrons. The molecule has 1 saturated heterocycles. The lowest BCUT2D eigenvalue weighted by Crippen LogP contribution is -3.12. The Bertz CT molecular complexity index is 1090. The summed E-state index contributed by atoms with van der Waals surface area (Å²) in [5.41, 5.74) is 2.16. The maximum absolute atomic E-state index is 13.2. The second kappa shape index (κ2) is 7.75. The van der Waals surface area contributed by atoms with Gasteiger partial charge >= 0.3 is 0 Å². The molecule has 7 heteroatoms. The molecule has 0 atom stereocenters. The van der Waals surface area contributed by atoms with E-state index in [1.807, 2.05) is 19.9 Å². The first kappa shape index (κ1) is 19.3. The number of nitrogens with one attached hydrogen (secondary N) is 1. The van der Waals surface area contributed by atoms with E-state index in [1.54, 1.807) is 23.1 Å². The summed E-state index contributed by atoms with van der Waals surface area (Å²) < 4.78 is 17.2. The third-order valence-electron chi connectivity index (χ3n) is 5.52. The molecule has 1 aliphatic heterocycles. The van der Waals surface area contributed by atoms with Crippen molar-refractivity contribution in [1.82, 2.24) is 4.90 Å². The standard InChI is InChI=1S/C22H24N2O5/c1-14-11-16-18(12-15(14)2)29-21(17-5-4-10-27-17)22(20(16)26)28-13-19(25)24-8-6-23(3)7-9-24/h4-5,10-12H,6-9,13H2,1-3H3/p+1. The first-order valence-corrected chi connectivity index (χ1v) is 9.78. The van der Waals surface area contributed by atoms with Crippen LogP contribution < -0.4 is 15.1 Å². The molecule has 0 saturated carbocycles. The molecule has 2 aromatic heterocycles. The number of hydrogen-bond acceptors (Lipinski definition) is 5. The van der Waals surface area contributed by atoms with E-state index >= 15 is 0 Å². The van der Waals surface area contributed by atoms with Crippen molar-refractivity contribution in [3.63, 3.8) is 0 Å². The van der Waals surface area contributed by atoms with Crippen LogP contribution in [0.25, 0.3) is 22.5 Å². The molecular weight excluding hydrogens is 372 g/mol. The fourth-order valence-electron chi connectivity index (χ4n) is 3.50. The van der Waals surface area contributed by atoms with Gasteiger partial charge in [-0.05, 0) is 49.2 Å². The van der Waals surface area contributed by atoms with Crippen molar-refractivity contribution in [3.05, 3.63) is 51.9 Å². The van der Waals surface area contributed by atoms with E-state index in [2.05, 4.69) is 7.05 Å². The Labute approximate surface area is 168 Å². The van der Waals surface area contributed by atoms with E-state index in [1.165, 1.54) is 11.2 Å². The summed E-state index contributed by atoms with van der Waals surface area (Å²) in [5.74, 6) is 0.450. The van der Waals surface area contributed by atoms with Crippen LogP contribution in [0, 0.1) is 13.8 Å². The van der Waals surface area contributed by atoms with Crippen molar-refractivity contribution in [2.75, 3.05) is 39.8 Å². The highest BCUT2D eigenvalue weighted by Gasteiger charge is 2.24. The van der Waals surface area contributed by atoms with Crippen LogP contribution in [0.4, 0.5) is 0 Å². The van der Waals surface area contributed by atoms with Crippen LogP contribution in [0.15, 0.2) is 44.2 Å². The average molecular weight is 397 g/mol. The zero-order chi connectivity index (χ0) is 20.5. The largest absolute Gasteiger partial charge is 0.476 e. The van der Waals surface area contributed by atoms with Crippen molar-refractivity contribution >= 4 is 16.9 Å². The fourth-order valence-corrected chi connectivity index (χ4v) is 3.50. The van der Waals surface area contributed by atoms with Gasteiger partial charge in [-0.2, -0.15) is 0 Å². The van der Waals surface area contributed by atoms with E-state index in [0.29, 0.717) is 29.8 Å². The lowest BCUT2D eigenvalue weighted by atomic mass is 10.1. The number of likely N-dealkylation sites (N-methyl/N-ethyl adjacent to an activating group) is 1. The van der Waals surface area contributed by atoms with Crippen molar-refractivity contribution in [3.8, 4) is 17.3 Å². The molecule has 7 nitrogen and oxygen atoms in total. The van der Waals surface area contributed by atoms with Crippen LogP contribution >= 0.6 is 0 Å². The maximum Gasteiger partial charge on any atom is 0.260 e. The molecule has 29 heavy (non-hydrogen) atoms. The Balaban J connectivity index is 1.69. The number of piperazine rings is 1. The fraction of sp³-hybridized carbons (Fsp3) is 0.364. The van der Waals surface area contributed by atoms with E-state index in [0.717, 1.165) is 24.2 Å². The van der Waals surface area contributed by atoms with Crippen LogP contribution in [0.5, 0.6) is 5.75 Å². The third kappa shape index (κ3) is 3.78. The van der Waals surface area contributed by atoms with E-state index in [-0.39, 0.29) is 29.5 Å². The highest BCUT2D eigenvalue weighted by Crippen LogP contribution is 2.32. The average Bonchev–Trinajstić information content (AvgIpc) is 3.24. The van der Waals surface area contributed by atoms with Gasteiger partial charge in [0.05, 0.1) is 44.9 Å². The Morgan fingerprint density at radius 2 is 1.93 bits per heavy atom. The number of ether oxygens (including phenoxy) is 1. The number of carbonyl (C=O) groups excluding carboxylic acids is 1. The molecule has 1 N–H and O–H groups in total. The minimum Gasteiger partial charge on any atom is -0.476 e. The maximum atomic E-state index is 13.2. The van der Waals surface area contributed by atoms with Crippen molar-refractivity contribution in [2.45, 2.75) is 13.8 Å². The summed E-state index contributed by atoms with van der Waals surface area (Å²) in [6, 6.07) is 7.03. The molecule has 0 spiro atoms. The summed E-state index contributed by atoms with van der Waals surface area (Å²) in [4.78, 5) is 28.9. The minimum atomic E-state index is -0.309. The molecule has 0 bridgehead atoms. The highest BCUT2D eigenvalue weighted by atomic mass is 16.5. The predicted octanol–water partition coefficient (Wildman–Crippen LogP) is 1.41. The summed E-state index contributed by atoms with van der Waals surface area (Å²) in [6.45, 7) is 6.86. The number of benzene rings is 1. The number of fused-ring (bicyclic) bond motifs is 1. The van der Waals surface area contributed by atoms with Gasteiger partial charge in [0.15, 0.2) is 12.4 Å². The van der Waals surface area contributed by atoms with E-state index in [9.17, 15) is 9.59 Å². The van der Waals surface area contributed by atoms with Crippen LogP contribution in [0.2, 0.25) is 0 Å². The second-order valence-corrected chi connectivity index (χ2v) is 7.63. The Kier molecular flexibility index (Phi) is 5.15. The quantitative estimate of drug-likeness (QED) is 0.720. The first-order chi connectivity index (χ1) is 13.9. The summed E-state index contributed by atoms with van der Waals surface area (Å²) >= 11 is 0. The van der Waals surface area contributed by atoms with Gasteiger partial charge in [-0.3, -0.25) is 9.59 Å². The van der Waals surface area contributed by atoms with E-state index in [4.69, 9.17) is 13.6 Å². The molecular formula is C22H25N2O5+. The molecule has 152 valence electrons. The molecule has 0 unspecified atom stereocenters. The highest BCUT2D eigenvalue weighted by molar-refractivity contribution is 5.83. The number of furan rings is 1. The number of carbonyl (C=O) groups is 1. The van der Waals surface area contributed by atoms with Gasteiger partial charge < -0.3 is 23.4 Å². The molecule has 1 aromatic carbocycles. The van der Waals surface area contributed by atoms with Crippen LogP contribution in [-0.4, -0.2) is 50.6 Å². The smallest absolute Gasteiger partial charge is 0.260 e. The zero-order valence-electron chi connectivity index (χ0n) is 16.9. The number of hydrogen-bond donors (Lipinski definition) is 1. The Morgan fingerprint density at radius 3 is 2.62 bits per heavy atom. The van der Waals surface area contributed by atoms with Crippen LogP contribution in [-0.2, 0) is 4.79 Å². The van der Waals surface area contributed by atoms with Crippen LogP contribution in [0.3, 0.4) is 0 Å².